The van der Waals surface area contributed by atoms with Crippen LogP contribution >= 0.6 is 0 Å². The standard InChI is InChI=1S/C20H18O/c1-20(2)19-16(13-21-20)12-15-10-6-7-11-17(15)18(19)14-8-4-3-5-9-14/h3-12H,13H2,1-2H3. The quantitative estimate of drug-likeness (QED) is 0.587. The van der Waals surface area contributed by atoms with Crippen LogP contribution in [0.25, 0.3) is 21.9 Å². The zero-order valence-corrected chi connectivity index (χ0v) is 12.4. The number of hydrogen-bond donors (Lipinski definition) is 0. The van der Waals surface area contributed by atoms with Crippen LogP contribution in [0.1, 0.15) is 25.0 Å². The molecule has 0 N–H and O–H groups in total. The number of ether oxygens (including phenoxy) is 1. The fourth-order valence-electron chi connectivity index (χ4n) is 3.44. The number of fused-ring (bicyclic) bond motifs is 2. The summed E-state index contributed by atoms with van der Waals surface area (Å²) < 4.78 is 6.04. The maximum Gasteiger partial charge on any atom is 0.0889 e. The minimum absolute atomic E-state index is 0.232. The highest BCUT2D eigenvalue weighted by Crippen LogP contribution is 2.45. The maximum atomic E-state index is 6.04. The van der Waals surface area contributed by atoms with Gasteiger partial charge in [-0.1, -0.05) is 54.6 Å². The van der Waals surface area contributed by atoms with Crippen molar-refractivity contribution in [1.82, 2.24) is 0 Å². The Morgan fingerprint density at radius 2 is 1.62 bits per heavy atom. The predicted octanol–water partition coefficient (Wildman–Crippen LogP) is 5.27. The van der Waals surface area contributed by atoms with Crippen LogP contribution in [0.15, 0.2) is 60.7 Å². The van der Waals surface area contributed by atoms with Crippen molar-refractivity contribution in [1.29, 1.82) is 0 Å². The topological polar surface area (TPSA) is 9.23 Å². The molecule has 104 valence electrons. The van der Waals surface area contributed by atoms with E-state index < -0.39 is 0 Å². The summed E-state index contributed by atoms with van der Waals surface area (Å²) >= 11 is 0. The molecule has 1 heterocycles. The van der Waals surface area contributed by atoms with Gasteiger partial charge in [0.25, 0.3) is 0 Å². The lowest BCUT2D eigenvalue weighted by molar-refractivity contribution is -0.00757. The van der Waals surface area contributed by atoms with Crippen LogP contribution in [0.5, 0.6) is 0 Å². The molecule has 0 saturated carbocycles. The first-order valence-corrected chi connectivity index (χ1v) is 7.41. The molecule has 0 amide bonds. The highest BCUT2D eigenvalue weighted by Gasteiger charge is 2.34. The van der Waals surface area contributed by atoms with Crippen molar-refractivity contribution in [2.75, 3.05) is 0 Å². The highest BCUT2D eigenvalue weighted by molar-refractivity contribution is 5.99. The van der Waals surface area contributed by atoms with Gasteiger partial charge in [0.05, 0.1) is 12.2 Å². The molecule has 0 unspecified atom stereocenters. The van der Waals surface area contributed by atoms with Gasteiger partial charge >= 0.3 is 0 Å². The summed E-state index contributed by atoms with van der Waals surface area (Å²) in [4.78, 5) is 0. The van der Waals surface area contributed by atoms with Crippen LogP contribution in [0.3, 0.4) is 0 Å². The minimum Gasteiger partial charge on any atom is -0.366 e. The summed E-state index contributed by atoms with van der Waals surface area (Å²) in [6, 6.07) is 21.6. The molecule has 1 heteroatoms. The van der Waals surface area contributed by atoms with Crippen molar-refractivity contribution < 1.29 is 4.74 Å². The van der Waals surface area contributed by atoms with Crippen molar-refractivity contribution in [2.45, 2.75) is 26.1 Å². The predicted molar refractivity (Wildman–Crippen MR) is 87.2 cm³/mol. The molecule has 21 heavy (non-hydrogen) atoms. The molecule has 1 nitrogen and oxygen atoms in total. The van der Waals surface area contributed by atoms with Crippen molar-refractivity contribution >= 4 is 10.8 Å². The van der Waals surface area contributed by atoms with E-state index in [1.165, 1.54) is 33.0 Å². The molecular weight excluding hydrogens is 256 g/mol. The second-order valence-corrected chi connectivity index (χ2v) is 6.17. The van der Waals surface area contributed by atoms with E-state index in [2.05, 4.69) is 74.5 Å². The Bertz CT molecular complexity index is 816. The third kappa shape index (κ3) is 1.89. The molecule has 0 bridgehead atoms. The monoisotopic (exact) mass is 274 g/mol. The van der Waals surface area contributed by atoms with Crippen LogP contribution in [0.2, 0.25) is 0 Å². The average Bonchev–Trinajstić information content (AvgIpc) is 2.81. The molecule has 0 saturated heterocycles. The SMILES string of the molecule is CC1(C)OCc2cc3ccccc3c(-c3ccccc3)c21. The summed E-state index contributed by atoms with van der Waals surface area (Å²) in [6.45, 7) is 5.03. The van der Waals surface area contributed by atoms with E-state index in [-0.39, 0.29) is 5.60 Å². The van der Waals surface area contributed by atoms with E-state index in [9.17, 15) is 0 Å². The van der Waals surface area contributed by atoms with E-state index in [1.54, 1.807) is 0 Å². The summed E-state index contributed by atoms with van der Waals surface area (Å²) in [5.41, 5.74) is 5.02. The molecule has 0 fully saturated rings. The number of benzene rings is 3. The van der Waals surface area contributed by atoms with Crippen molar-refractivity contribution in [3.05, 3.63) is 71.8 Å². The van der Waals surface area contributed by atoms with Crippen LogP contribution in [0, 0.1) is 0 Å². The average molecular weight is 274 g/mol. The molecule has 3 aromatic rings. The van der Waals surface area contributed by atoms with Gasteiger partial charge < -0.3 is 4.74 Å². The molecule has 0 atom stereocenters. The molecule has 1 aliphatic rings. The number of rotatable bonds is 1. The maximum absolute atomic E-state index is 6.04. The van der Waals surface area contributed by atoms with Crippen molar-refractivity contribution in [3.63, 3.8) is 0 Å². The van der Waals surface area contributed by atoms with Crippen molar-refractivity contribution in [3.8, 4) is 11.1 Å². The smallest absolute Gasteiger partial charge is 0.0889 e. The van der Waals surface area contributed by atoms with Crippen LogP contribution in [0.4, 0.5) is 0 Å². The number of hydrogen-bond acceptors (Lipinski definition) is 1. The molecule has 0 aromatic heterocycles. The first-order chi connectivity index (χ1) is 10.2. The van der Waals surface area contributed by atoms with E-state index in [1.807, 2.05) is 0 Å². The van der Waals surface area contributed by atoms with E-state index >= 15 is 0 Å². The summed E-state index contributed by atoms with van der Waals surface area (Å²) in [5.74, 6) is 0. The third-order valence-corrected chi connectivity index (χ3v) is 4.38. The van der Waals surface area contributed by atoms with Crippen LogP contribution in [-0.4, -0.2) is 0 Å². The second kappa shape index (κ2) is 4.44. The van der Waals surface area contributed by atoms with E-state index in [0.717, 1.165) is 0 Å². The summed E-state index contributed by atoms with van der Waals surface area (Å²) in [7, 11) is 0. The molecular formula is C20H18O. The lowest BCUT2D eigenvalue weighted by Crippen LogP contribution is -2.16. The van der Waals surface area contributed by atoms with Crippen LogP contribution < -0.4 is 0 Å². The van der Waals surface area contributed by atoms with Gasteiger partial charge in [-0.05, 0) is 52.9 Å². The molecule has 3 aromatic carbocycles. The van der Waals surface area contributed by atoms with Gasteiger partial charge in [-0.3, -0.25) is 0 Å². The first-order valence-electron chi connectivity index (χ1n) is 7.41. The van der Waals surface area contributed by atoms with Gasteiger partial charge in [0.15, 0.2) is 0 Å². The molecule has 1 aliphatic heterocycles. The Labute approximate surface area is 125 Å². The Kier molecular flexibility index (Phi) is 2.66. The fraction of sp³-hybridized carbons (Fsp3) is 0.200. The second-order valence-electron chi connectivity index (χ2n) is 6.17. The third-order valence-electron chi connectivity index (χ3n) is 4.38. The molecule has 0 spiro atoms. The Balaban J connectivity index is 2.16. The Morgan fingerprint density at radius 3 is 2.43 bits per heavy atom. The Hall–Kier alpha value is -2.12. The van der Waals surface area contributed by atoms with Gasteiger partial charge in [0.2, 0.25) is 0 Å². The van der Waals surface area contributed by atoms with E-state index in [4.69, 9.17) is 4.74 Å². The zero-order chi connectivity index (χ0) is 14.4. The lowest BCUT2D eigenvalue weighted by Gasteiger charge is -2.23. The summed E-state index contributed by atoms with van der Waals surface area (Å²) in [6.07, 6.45) is 0. The molecule has 0 radical (unpaired) electrons. The summed E-state index contributed by atoms with van der Waals surface area (Å²) in [5, 5.41) is 2.59. The molecule has 4 rings (SSSR count). The highest BCUT2D eigenvalue weighted by atomic mass is 16.5. The normalized spacial score (nSPS) is 16.1. The van der Waals surface area contributed by atoms with E-state index in [0.29, 0.717) is 6.61 Å². The van der Waals surface area contributed by atoms with Gasteiger partial charge in [0, 0.05) is 0 Å². The fourth-order valence-corrected chi connectivity index (χ4v) is 3.44. The van der Waals surface area contributed by atoms with Crippen LogP contribution in [-0.2, 0) is 16.9 Å². The minimum atomic E-state index is -0.232. The lowest BCUT2D eigenvalue weighted by atomic mass is 9.84. The zero-order valence-electron chi connectivity index (χ0n) is 12.4. The first kappa shape index (κ1) is 12.6. The Morgan fingerprint density at radius 1 is 0.905 bits per heavy atom. The van der Waals surface area contributed by atoms with Gasteiger partial charge in [-0.2, -0.15) is 0 Å². The molecule has 0 aliphatic carbocycles. The largest absolute Gasteiger partial charge is 0.366 e. The van der Waals surface area contributed by atoms with Crippen molar-refractivity contribution in [2.24, 2.45) is 0 Å². The van der Waals surface area contributed by atoms with Gasteiger partial charge in [-0.25, -0.2) is 0 Å². The van der Waals surface area contributed by atoms with Gasteiger partial charge in [0.1, 0.15) is 0 Å². The van der Waals surface area contributed by atoms with Gasteiger partial charge in [-0.15, -0.1) is 0 Å².